The smallest absolute Gasteiger partial charge is 0.193 e. The molecule has 2 saturated heterocycles. The molecule has 0 saturated carbocycles. The molecule has 2 aliphatic heterocycles. The molecule has 2 heterocycles. The number of hydrogen-bond acceptors (Lipinski definition) is 3. The van der Waals surface area contributed by atoms with E-state index in [0.717, 1.165) is 31.2 Å². The van der Waals surface area contributed by atoms with Crippen LogP contribution < -0.4 is 10.1 Å². The number of ether oxygens (including phenoxy) is 1. The highest BCUT2D eigenvalue weighted by Gasteiger charge is 2.26. The summed E-state index contributed by atoms with van der Waals surface area (Å²) in [4.78, 5) is 9.27. The Kier molecular flexibility index (Phi) is 9.70. The predicted molar refractivity (Wildman–Crippen MR) is 119 cm³/mol. The predicted octanol–water partition coefficient (Wildman–Crippen LogP) is 3.34. The second kappa shape index (κ2) is 11.7. The molecular formula is C20H31F2IN4O. The van der Waals surface area contributed by atoms with Crippen molar-refractivity contribution in [2.45, 2.75) is 25.7 Å². The van der Waals surface area contributed by atoms with E-state index in [2.05, 4.69) is 20.1 Å². The van der Waals surface area contributed by atoms with Gasteiger partial charge in [0.2, 0.25) is 0 Å². The quantitative estimate of drug-likeness (QED) is 0.277. The maximum absolute atomic E-state index is 13.2. The van der Waals surface area contributed by atoms with E-state index in [0.29, 0.717) is 24.8 Å². The lowest BCUT2D eigenvalue weighted by atomic mass is 10.1. The Balaban J connectivity index is 0.00000280. The van der Waals surface area contributed by atoms with Crippen molar-refractivity contribution in [1.29, 1.82) is 0 Å². The summed E-state index contributed by atoms with van der Waals surface area (Å²) in [6.07, 6.45) is 5.23. The number of nitrogens with one attached hydrogen (secondary N) is 1. The molecule has 1 aromatic carbocycles. The van der Waals surface area contributed by atoms with Crippen molar-refractivity contribution in [1.82, 2.24) is 15.1 Å². The van der Waals surface area contributed by atoms with Crippen LogP contribution in [0, 0.1) is 17.6 Å². The van der Waals surface area contributed by atoms with Crippen LogP contribution >= 0.6 is 24.0 Å². The van der Waals surface area contributed by atoms with Crippen molar-refractivity contribution < 1.29 is 13.5 Å². The van der Waals surface area contributed by atoms with Crippen LogP contribution in [-0.4, -0.2) is 68.7 Å². The van der Waals surface area contributed by atoms with Gasteiger partial charge in [0, 0.05) is 32.7 Å². The fourth-order valence-electron chi connectivity index (χ4n) is 3.91. The van der Waals surface area contributed by atoms with Crippen molar-refractivity contribution in [2.75, 3.05) is 52.9 Å². The maximum atomic E-state index is 13.2. The van der Waals surface area contributed by atoms with Crippen molar-refractivity contribution in [2.24, 2.45) is 10.9 Å². The highest BCUT2D eigenvalue weighted by molar-refractivity contribution is 14.0. The molecule has 0 bridgehead atoms. The van der Waals surface area contributed by atoms with E-state index < -0.39 is 11.6 Å². The second-order valence-corrected chi connectivity index (χ2v) is 7.36. The Bertz CT molecular complexity index is 641. The summed E-state index contributed by atoms with van der Waals surface area (Å²) in [7, 11) is 1.79. The molecule has 28 heavy (non-hydrogen) atoms. The van der Waals surface area contributed by atoms with E-state index in [4.69, 9.17) is 4.74 Å². The van der Waals surface area contributed by atoms with Crippen LogP contribution in [-0.2, 0) is 0 Å². The molecule has 2 aliphatic rings. The van der Waals surface area contributed by atoms with Crippen molar-refractivity contribution in [3.8, 4) is 5.75 Å². The molecule has 0 radical (unpaired) electrons. The van der Waals surface area contributed by atoms with Crippen LogP contribution in [0.25, 0.3) is 0 Å². The van der Waals surface area contributed by atoms with Crippen LogP contribution in [0.2, 0.25) is 0 Å². The number of aliphatic imine (C=N–C) groups is 1. The maximum Gasteiger partial charge on any atom is 0.193 e. The van der Waals surface area contributed by atoms with Crippen LogP contribution in [0.3, 0.4) is 0 Å². The van der Waals surface area contributed by atoms with E-state index in [1.165, 1.54) is 51.4 Å². The fourth-order valence-corrected chi connectivity index (χ4v) is 3.91. The van der Waals surface area contributed by atoms with Crippen molar-refractivity contribution >= 4 is 29.9 Å². The van der Waals surface area contributed by atoms with E-state index in [1.807, 2.05) is 0 Å². The van der Waals surface area contributed by atoms with Crippen LogP contribution in [0.1, 0.15) is 25.7 Å². The Labute approximate surface area is 183 Å². The Morgan fingerprint density at radius 3 is 2.68 bits per heavy atom. The fraction of sp³-hybridized carbons (Fsp3) is 0.650. The lowest BCUT2D eigenvalue weighted by Gasteiger charge is -2.29. The third-order valence-electron chi connectivity index (χ3n) is 5.31. The second-order valence-electron chi connectivity index (χ2n) is 7.36. The van der Waals surface area contributed by atoms with Gasteiger partial charge in [0.25, 0.3) is 0 Å². The van der Waals surface area contributed by atoms with Gasteiger partial charge in [-0.15, -0.1) is 24.0 Å². The third-order valence-corrected chi connectivity index (χ3v) is 5.31. The van der Waals surface area contributed by atoms with Gasteiger partial charge in [-0.3, -0.25) is 4.99 Å². The summed E-state index contributed by atoms with van der Waals surface area (Å²) >= 11 is 0. The molecule has 158 valence electrons. The summed E-state index contributed by atoms with van der Waals surface area (Å²) in [5, 5.41) is 3.30. The first kappa shape index (κ1) is 23.1. The SMILES string of the molecule is CN=C(NCCOc1ccc(F)c(F)c1)N1CCC(CN2CCCCC2)C1.I. The zero-order chi connectivity index (χ0) is 19.1. The van der Waals surface area contributed by atoms with Gasteiger partial charge in [-0.05, 0) is 50.4 Å². The molecule has 5 nitrogen and oxygen atoms in total. The number of guanidine groups is 1. The average Bonchev–Trinajstić information content (AvgIpc) is 3.13. The minimum atomic E-state index is -0.895. The highest BCUT2D eigenvalue weighted by atomic mass is 127. The van der Waals surface area contributed by atoms with E-state index in [9.17, 15) is 8.78 Å². The first-order chi connectivity index (χ1) is 13.2. The number of likely N-dealkylation sites (tertiary alicyclic amines) is 2. The van der Waals surface area contributed by atoms with Gasteiger partial charge in [0.1, 0.15) is 12.4 Å². The molecule has 1 aromatic rings. The third kappa shape index (κ3) is 6.72. The lowest BCUT2D eigenvalue weighted by Crippen LogP contribution is -2.42. The summed E-state index contributed by atoms with van der Waals surface area (Å²) in [5.74, 6) is 0.140. The molecule has 1 atom stereocenters. The molecule has 8 heteroatoms. The molecule has 1 N–H and O–H groups in total. The number of benzene rings is 1. The van der Waals surface area contributed by atoms with Crippen molar-refractivity contribution in [3.05, 3.63) is 29.8 Å². The average molecular weight is 508 g/mol. The minimum Gasteiger partial charge on any atom is -0.492 e. The van der Waals surface area contributed by atoms with Gasteiger partial charge in [-0.2, -0.15) is 0 Å². The summed E-state index contributed by atoms with van der Waals surface area (Å²) in [5.41, 5.74) is 0. The molecule has 0 amide bonds. The summed E-state index contributed by atoms with van der Waals surface area (Å²) in [6, 6.07) is 3.57. The molecule has 1 unspecified atom stereocenters. The molecule has 0 spiro atoms. The first-order valence-electron chi connectivity index (χ1n) is 9.91. The van der Waals surface area contributed by atoms with Gasteiger partial charge in [0.05, 0.1) is 6.54 Å². The Morgan fingerprint density at radius 2 is 1.96 bits per heavy atom. The number of piperidine rings is 1. The van der Waals surface area contributed by atoms with E-state index >= 15 is 0 Å². The molecular weight excluding hydrogens is 477 g/mol. The van der Waals surface area contributed by atoms with Crippen LogP contribution in [0.15, 0.2) is 23.2 Å². The van der Waals surface area contributed by atoms with E-state index in [1.54, 1.807) is 7.05 Å². The molecule has 0 aliphatic carbocycles. The Morgan fingerprint density at radius 1 is 1.18 bits per heavy atom. The van der Waals surface area contributed by atoms with Crippen LogP contribution in [0.5, 0.6) is 5.75 Å². The van der Waals surface area contributed by atoms with E-state index in [-0.39, 0.29) is 24.0 Å². The number of nitrogens with zero attached hydrogens (tertiary/aromatic N) is 3. The van der Waals surface area contributed by atoms with Crippen LogP contribution in [0.4, 0.5) is 8.78 Å². The topological polar surface area (TPSA) is 40.1 Å². The number of rotatable bonds is 6. The first-order valence-corrected chi connectivity index (χ1v) is 9.91. The zero-order valence-corrected chi connectivity index (χ0v) is 18.8. The van der Waals surface area contributed by atoms with Gasteiger partial charge in [-0.25, -0.2) is 8.78 Å². The molecule has 0 aromatic heterocycles. The lowest BCUT2D eigenvalue weighted by molar-refractivity contribution is 0.198. The number of halogens is 3. The monoisotopic (exact) mass is 508 g/mol. The summed E-state index contributed by atoms with van der Waals surface area (Å²) < 4.78 is 31.6. The van der Waals surface area contributed by atoms with Gasteiger partial charge in [0.15, 0.2) is 17.6 Å². The Hall–Kier alpha value is -1.16. The van der Waals surface area contributed by atoms with Crippen molar-refractivity contribution in [3.63, 3.8) is 0 Å². The molecule has 3 rings (SSSR count). The van der Waals surface area contributed by atoms with Gasteiger partial charge >= 0.3 is 0 Å². The normalized spacial score (nSPS) is 20.8. The minimum absolute atomic E-state index is 0. The largest absolute Gasteiger partial charge is 0.492 e. The summed E-state index contributed by atoms with van der Waals surface area (Å²) in [6.45, 7) is 6.62. The standard InChI is InChI=1S/C20H30F2N4O.HI/c1-23-20(24-8-12-27-17-5-6-18(21)19(22)13-17)26-11-7-16(15-26)14-25-9-3-2-4-10-25;/h5-6,13,16H,2-4,7-12,14-15H2,1H3,(H,23,24);1H. The number of hydrogen-bond donors (Lipinski definition) is 1. The van der Waals surface area contributed by atoms with Gasteiger partial charge < -0.3 is 19.9 Å². The molecule has 2 fully saturated rings. The zero-order valence-electron chi connectivity index (χ0n) is 16.5. The van der Waals surface area contributed by atoms with Gasteiger partial charge in [-0.1, -0.05) is 6.42 Å². The highest BCUT2D eigenvalue weighted by Crippen LogP contribution is 2.20.